The minimum absolute atomic E-state index is 0.0683. The number of amides is 1. The number of alkyl carbamates (subject to hydrolysis) is 1. The average molecular weight is 616 g/mol. The Morgan fingerprint density at radius 3 is 1.82 bits per heavy atom. The molecule has 2 aromatic carbocycles. The Bertz CT molecular complexity index is 1340. The lowest BCUT2D eigenvalue weighted by Crippen LogP contribution is -2.43. The van der Waals surface area contributed by atoms with Crippen molar-refractivity contribution in [1.29, 1.82) is 0 Å². The highest BCUT2D eigenvalue weighted by Gasteiger charge is 2.29. The first-order chi connectivity index (χ1) is 21.2. The molecule has 2 N–H and O–H groups in total. The van der Waals surface area contributed by atoms with Crippen molar-refractivity contribution in [3.05, 3.63) is 106 Å². The number of carbonyl (C=O) groups is 2. The molecule has 2 aromatic rings. The largest absolute Gasteiger partial charge is 0.480 e. The lowest BCUT2D eigenvalue weighted by molar-refractivity contribution is -0.138. The molecule has 0 aliphatic heterocycles. The highest BCUT2D eigenvalue weighted by Crippen LogP contribution is 2.44. The minimum Gasteiger partial charge on any atom is -0.480 e. The molecule has 236 valence electrons. The van der Waals surface area contributed by atoms with Crippen molar-refractivity contribution < 1.29 is 19.4 Å². The van der Waals surface area contributed by atoms with Crippen molar-refractivity contribution in [3.8, 4) is 11.1 Å². The highest BCUT2D eigenvalue weighted by molar-refractivity contribution is 7.99. The van der Waals surface area contributed by atoms with Gasteiger partial charge in [-0.3, -0.25) is 0 Å². The van der Waals surface area contributed by atoms with Gasteiger partial charge in [0.2, 0.25) is 0 Å². The molecule has 3 rings (SSSR count). The monoisotopic (exact) mass is 615 g/mol. The highest BCUT2D eigenvalue weighted by atomic mass is 32.2. The van der Waals surface area contributed by atoms with E-state index in [4.69, 9.17) is 4.74 Å². The first kappa shape index (κ1) is 35.0. The SMILES string of the molecule is CC(C)=CCC/C(C)=C/CC/C(C)=C/CC/C(C)=C/CSC[C@H](NC(=O)OCC1c2ccccc2-c2ccccc21)C(=O)O. The Morgan fingerprint density at radius 2 is 1.30 bits per heavy atom. The Balaban J connectivity index is 1.36. The van der Waals surface area contributed by atoms with Crippen LogP contribution in [0.25, 0.3) is 11.1 Å². The van der Waals surface area contributed by atoms with Crippen molar-refractivity contribution in [3.63, 3.8) is 0 Å². The predicted octanol–water partition coefficient (Wildman–Crippen LogP) is 9.86. The molecule has 5 nitrogen and oxygen atoms in total. The molecule has 44 heavy (non-hydrogen) atoms. The summed E-state index contributed by atoms with van der Waals surface area (Å²) in [5.74, 6) is -0.170. The van der Waals surface area contributed by atoms with Crippen LogP contribution in [0.4, 0.5) is 4.79 Å². The van der Waals surface area contributed by atoms with Gasteiger partial charge in [-0.15, -0.1) is 0 Å². The number of ether oxygens (including phenoxy) is 1. The summed E-state index contributed by atoms with van der Waals surface area (Å²) in [5.41, 5.74) is 10.1. The third-order valence-corrected chi connectivity index (χ3v) is 8.89. The van der Waals surface area contributed by atoms with Gasteiger partial charge in [0, 0.05) is 17.4 Å². The number of hydrogen-bond donors (Lipinski definition) is 2. The molecular weight excluding hydrogens is 566 g/mol. The molecule has 0 saturated carbocycles. The number of carboxylic acid groups (broad SMARTS) is 1. The van der Waals surface area contributed by atoms with E-state index in [-0.39, 0.29) is 18.3 Å². The van der Waals surface area contributed by atoms with Crippen molar-refractivity contribution in [2.75, 3.05) is 18.1 Å². The van der Waals surface area contributed by atoms with Crippen molar-refractivity contribution in [2.45, 2.75) is 85.1 Å². The molecule has 1 amide bonds. The van der Waals surface area contributed by atoms with Gasteiger partial charge in [-0.2, -0.15) is 11.8 Å². The van der Waals surface area contributed by atoms with E-state index in [0.717, 1.165) is 60.8 Å². The molecule has 0 spiro atoms. The van der Waals surface area contributed by atoms with Gasteiger partial charge in [-0.05, 0) is 95.4 Å². The number of nitrogens with one attached hydrogen (secondary N) is 1. The van der Waals surface area contributed by atoms with Gasteiger partial charge in [0.05, 0.1) is 0 Å². The van der Waals surface area contributed by atoms with E-state index in [0.29, 0.717) is 5.75 Å². The van der Waals surface area contributed by atoms with E-state index in [1.807, 2.05) is 24.3 Å². The van der Waals surface area contributed by atoms with Gasteiger partial charge < -0.3 is 15.2 Å². The number of carbonyl (C=O) groups excluding carboxylic acids is 1. The molecule has 0 fully saturated rings. The van der Waals surface area contributed by atoms with Gasteiger partial charge >= 0.3 is 12.1 Å². The fraction of sp³-hybridized carbons (Fsp3) is 0.421. The van der Waals surface area contributed by atoms with Crippen LogP contribution in [-0.2, 0) is 9.53 Å². The maximum atomic E-state index is 12.6. The van der Waals surface area contributed by atoms with Gasteiger partial charge in [0.25, 0.3) is 0 Å². The number of thioether (sulfide) groups is 1. The standard InChI is InChI=1S/C38H49NO4S/c1-27(2)13-10-14-28(3)15-11-16-29(4)17-12-18-30(5)23-24-44-26-36(37(40)41)39-38(42)43-25-35-33-21-8-6-19-31(33)32-20-7-9-22-34(32)35/h6-9,13,15,17,19-23,35-36H,10-12,14,16,18,24-26H2,1-5H3,(H,39,42)(H,40,41)/b28-15+,29-17+,30-23+/t36-/m0/s1. The molecule has 6 heteroatoms. The van der Waals surface area contributed by atoms with Crippen LogP contribution in [0.3, 0.4) is 0 Å². The van der Waals surface area contributed by atoms with E-state index < -0.39 is 18.1 Å². The van der Waals surface area contributed by atoms with Crippen LogP contribution < -0.4 is 5.32 Å². The third kappa shape index (κ3) is 11.5. The molecular formula is C38H49NO4S. The zero-order chi connectivity index (χ0) is 31.9. The lowest BCUT2D eigenvalue weighted by atomic mass is 9.98. The van der Waals surface area contributed by atoms with Crippen LogP contribution in [0.1, 0.15) is 90.2 Å². The Kier molecular flexibility index (Phi) is 14.6. The molecule has 0 bridgehead atoms. The van der Waals surface area contributed by atoms with Crippen LogP contribution in [0.2, 0.25) is 0 Å². The Morgan fingerprint density at radius 1 is 0.795 bits per heavy atom. The first-order valence-electron chi connectivity index (χ1n) is 15.7. The molecule has 0 aromatic heterocycles. The van der Waals surface area contributed by atoms with Crippen LogP contribution >= 0.6 is 11.8 Å². The quantitative estimate of drug-likeness (QED) is 0.137. The Labute approximate surface area is 268 Å². The lowest BCUT2D eigenvalue weighted by Gasteiger charge is -2.17. The van der Waals surface area contributed by atoms with Gasteiger partial charge in [0.1, 0.15) is 12.6 Å². The minimum atomic E-state index is -1.06. The van der Waals surface area contributed by atoms with Crippen molar-refractivity contribution in [1.82, 2.24) is 5.32 Å². The number of rotatable bonds is 17. The van der Waals surface area contributed by atoms with Gasteiger partial charge in [0.15, 0.2) is 0 Å². The van der Waals surface area contributed by atoms with E-state index in [1.165, 1.54) is 34.1 Å². The summed E-state index contributed by atoms with van der Waals surface area (Å²) in [7, 11) is 0. The molecule has 0 unspecified atom stereocenters. The zero-order valence-corrected chi connectivity index (χ0v) is 27.8. The van der Waals surface area contributed by atoms with E-state index in [1.54, 1.807) is 0 Å². The van der Waals surface area contributed by atoms with Crippen molar-refractivity contribution in [2.24, 2.45) is 0 Å². The second kappa shape index (κ2) is 18.3. The topological polar surface area (TPSA) is 75.6 Å². The summed E-state index contributed by atoms with van der Waals surface area (Å²) in [5, 5.41) is 12.2. The predicted molar refractivity (Wildman–Crippen MR) is 185 cm³/mol. The van der Waals surface area contributed by atoms with E-state index in [9.17, 15) is 14.7 Å². The number of hydrogen-bond acceptors (Lipinski definition) is 4. The first-order valence-corrected chi connectivity index (χ1v) is 16.8. The number of carboxylic acids is 1. The van der Waals surface area contributed by atoms with Crippen molar-refractivity contribution >= 4 is 23.8 Å². The molecule has 1 atom stereocenters. The maximum Gasteiger partial charge on any atom is 0.407 e. The summed E-state index contributed by atoms with van der Waals surface area (Å²) in [6.07, 6.45) is 14.9. The average Bonchev–Trinajstić information content (AvgIpc) is 3.31. The number of fused-ring (bicyclic) bond motifs is 3. The summed E-state index contributed by atoms with van der Waals surface area (Å²) < 4.78 is 5.54. The smallest absolute Gasteiger partial charge is 0.407 e. The second-order valence-corrected chi connectivity index (χ2v) is 13.0. The molecule has 1 aliphatic carbocycles. The van der Waals surface area contributed by atoms with Crippen LogP contribution in [0.15, 0.2) is 95.1 Å². The Hall–Kier alpha value is -3.51. The molecule has 0 saturated heterocycles. The molecule has 0 heterocycles. The van der Waals surface area contributed by atoms with Crippen LogP contribution in [0.5, 0.6) is 0 Å². The fourth-order valence-electron chi connectivity index (χ4n) is 5.33. The second-order valence-electron chi connectivity index (χ2n) is 11.9. The van der Waals surface area contributed by atoms with Crippen LogP contribution in [-0.4, -0.2) is 41.3 Å². The van der Waals surface area contributed by atoms with Gasteiger partial charge in [-0.25, -0.2) is 9.59 Å². The normalized spacial score (nSPS) is 14.1. The van der Waals surface area contributed by atoms with Crippen LogP contribution in [0, 0.1) is 0 Å². The van der Waals surface area contributed by atoms with E-state index in [2.05, 4.69) is 88.5 Å². The number of benzene rings is 2. The number of aliphatic carboxylic acids is 1. The third-order valence-electron chi connectivity index (χ3n) is 7.92. The fourth-order valence-corrected chi connectivity index (χ4v) is 6.33. The molecule has 1 aliphatic rings. The molecule has 0 radical (unpaired) electrons. The summed E-state index contributed by atoms with van der Waals surface area (Å²) >= 11 is 1.49. The summed E-state index contributed by atoms with van der Waals surface area (Å²) in [6.45, 7) is 11.0. The van der Waals surface area contributed by atoms with E-state index >= 15 is 0 Å². The van der Waals surface area contributed by atoms with Gasteiger partial charge in [-0.1, -0.05) is 95.1 Å². The number of allylic oxidation sites excluding steroid dienone is 7. The summed E-state index contributed by atoms with van der Waals surface area (Å²) in [4.78, 5) is 24.4. The maximum absolute atomic E-state index is 12.6. The summed E-state index contributed by atoms with van der Waals surface area (Å²) in [6, 6.07) is 15.2. The zero-order valence-electron chi connectivity index (χ0n) is 27.0.